The number of benzene rings is 2. The molecule has 2 rings (SSSR count). The fourth-order valence-corrected chi connectivity index (χ4v) is 2.75. The molecular formula is C20H23ClO5. The summed E-state index contributed by atoms with van der Waals surface area (Å²) >= 11 is 6.19. The number of carboxylic acid groups (broad SMARTS) is 1. The van der Waals surface area contributed by atoms with E-state index in [1.807, 2.05) is 37.3 Å². The van der Waals surface area contributed by atoms with Gasteiger partial charge in [0.15, 0.2) is 11.5 Å². The first kappa shape index (κ1) is 19.9. The second kappa shape index (κ2) is 9.92. The van der Waals surface area contributed by atoms with Crippen LogP contribution in [0.2, 0.25) is 5.02 Å². The van der Waals surface area contributed by atoms with Crippen molar-refractivity contribution >= 4 is 17.6 Å². The van der Waals surface area contributed by atoms with E-state index in [4.69, 9.17) is 30.9 Å². The van der Waals surface area contributed by atoms with Crippen LogP contribution in [0.15, 0.2) is 36.4 Å². The summed E-state index contributed by atoms with van der Waals surface area (Å²) in [6, 6.07) is 11.2. The highest BCUT2D eigenvalue weighted by molar-refractivity contribution is 6.32. The van der Waals surface area contributed by atoms with Gasteiger partial charge in [0, 0.05) is 12.8 Å². The predicted molar refractivity (Wildman–Crippen MR) is 101 cm³/mol. The molecule has 0 saturated heterocycles. The summed E-state index contributed by atoms with van der Waals surface area (Å²) in [7, 11) is 1.56. The molecule has 0 aliphatic rings. The lowest BCUT2D eigenvalue weighted by Gasteiger charge is -2.13. The van der Waals surface area contributed by atoms with Gasteiger partial charge in [-0.3, -0.25) is 4.79 Å². The monoisotopic (exact) mass is 378 g/mol. The third kappa shape index (κ3) is 5.85. The Labute approximate surface area is 158 Å². The molecule has 2 aromatic carbocycles. The molecule has 5 nitrogen and oxygen atoms in total. The van der Waals surface area contributed by atoms with Crippen molar-refractivity contribution in [1.29, 1.82) is 0 Å². The lowest BCUT2D eigenvalue weighted by atomic mass is 10.1. The molecule has 0 spiro atoms. The van der Waals surface area contributed by atoms with Crippen LogP contribution in [0.1, 0.15) is 24.5 Å². The number of aryl methyl sites for hydroxylation is 1. The third-order valence-corrected chi connectivity index (χ3v) is 4.10. The zero-order chi connectivity index (χ0) is 18.9. The smallest absolute Gasteiger partial charge is 0.303 e. The SMILES string of the molecule is CCOc1ccc(CCOc2ccc(CCC(=O)O)cc2OC)cc1Cl. The van der Waals surface area contributed by atoms with Crippen molar-refractivity contribution in [1.82, 2.24) is 0 Å². The maximum atomic E-state index is 10.7. The molecule has 26 heavy (non-hydrogen) atoms. The van der Waals surface area contributed by atoms with E-state index >= 15 is 0 Å². The molecule has 0 radical (unpaired) electrons. The highest BCUT2D eigenvalue weighted by Crippen LogP contribution is 2.29. The van der Waals surface area contributed by atoms with E-state index in [0.717, 1.165) is 11.1 Å². The van der Waals surface area contributed by atoms with E-state index in [0.29, 0.717) is 48.3 Å². The van der Waals surface area contributed by atoms with Crippen LogP contribution in [0, 0.1) is 0 Å². The number of carboxylic acids is 1. The van der Waals surface area contributed by atoms with Crippen LogP contribution in [0.4, 0.5) is 0 Å². The summed E-state index contributed by atoms with van der Waals surface area (Å²) in [4.78, 5) is 10.7. The Kier molecular flexibility index (Phi) is 7.60. The van der Waals surface area contributed by atoms with Gasteiger partial charge in [-0.05, 0) is 48.7 Å². The minimum atomic E-state index is -0.821. The third-order valence-electron chi connectivity index (χ3n) is 3.80. The van der Waals surface area contributed by atoms with E-state index in [2.05, 4.69) is 0 Å². The number of ether oxygens (including phenoxy) is 3. The average Bonchev–Trinajstić information content (AvgIpc) is 2.63. The molecule has 0 saturated carbocycles. The molecule has 0 atom stereocenters. The minimum absolute atomic E-state index is 0.0852. The molecule has 140 valence electrons. The van der Waals surface area contributed by atoms with E-state index < -0.39 is 5.97 Å². The first-order valence-electron chi connectivity index (χ1n) is 8.46. The number of carbonyl (C=O) groups is 1. The maximum Gasteiger partial charge on any atom is 0.303 e. The standard InChI is InChI=1S/C20H23ClO5/c1-3-25-17-7-4-15(12-16(17)21)10-11-26-18-8-5-14(6-9-20(22)23)13-19(18)24-2/h4-5,7-8,12-13H,3,6,9-11H2,1-2H3,(H,22,23). The van der Waals surface area contributed by atoms with E-state index in [1.165, 1.54) is 0 Å². The van der Waals surface area contributed by atoms with Gasteiger partial charge in [0.1, 0.15) is 5.75 Å². The summed E-state index contributed by atoms with van der Waals surface area (Å²) in [6.07, 6.45) is 1.23. The Hall–Kier alpha value is -2.40. The van der Waals surface area contributed by atoms with Crippen LogP contribution in [0.5, 0.6) is 17.2 Å². The van der Waals surface area contributed by atoms with Crippen LogP contribution in [-0.2, 0) is 17.6 Å². The lowest BCUT2D eigenvalue weighted by Crippen LogP contribution is -2.04. The lowest BCUT2D eigenvalue weighted by molar-refractivity contribution is -0.136. The highest BCUT2D eigenvalue weighted by Gasteiger charge is 2.08. The summed E-state index contributed by atoms with van der Waals surface area (Å²) in [5.41, 5.74) is 1.95. The number of hydrogen-bond donors (Lipinski definition) is 1. The van der Waals surface area contributed by atoms with E-state index in [9.17, 15) is 4.79 Å². The van der Waals surface area contributed by atoms with Crippen LogP contribution in [0.3, 0.4) is 0 Å². The molecule has 0 aliphatic heterocycles. The quantitative estimate of drug-likeness (QED) is 0.664. The number of rotatable bonds is 10. The largest absolute Gasteiger partial charge is 0.493 e. The van der Waals surface area contributed by atoms with Gasteiger partial charge < -0.3 is 19.3 Å². The van der Waals surface area contributed by atoms with Gasteiger partial charge >= 0.3 is 5.97 Å². The molecule has 0 fully saturated rings. The van der Waals surface area contributed by atoms with Crippen molar-refractivity contribution in [2.24, 2.45) is 0 Å². The Balaban J connectivity index is 1.94. The Morgan fingerprint density at radius 1 is 1.00 bits per heavy atom. The van der Waals surface area contributed by atoms with Crippen LogP contribution < -0.4 is 14.2 Å². The fraction of sp³-hybridized carbons (Fsp3) is 0.350. The van der Waals surface area contributed by atoms with Gasteiger partial charge in [-0.15, -0.1) is 0 Å². The zero-order valence-corrected chi connectivity index (χ0v) is 15.7. The van der Waals surface area contributed by atoms with Gasteiger partial charge in [-0.25, -0.2) is 0 Å². The maximum absolute atomic E-state index is 10.7. The zero-order valence-electron chi connectivity index (χ0n) is 15.0. The van der Waals surface area contributed by atoms with Crippen LogP contribution in [-0.4, -0.2) is 31.4 Å². The second-order valence-electron chi connectivity index (χ2n) is 5.68. The fourth-order valence-electron chi connectivity index (χ4n) is 2.49. The Morgan fingerprint density at radius 3 is 2.31 bits per heavy atom. The second-order valence-corrected chi connectivity index (χ2v) is 6.08. The molecule has 0 unspecified atom stereocenters. The van der Waals surface area contributed by atoms with Gasteiger partial charge in [0.25, 0.3) is 0 Å². The summed E-state index contributed by atoms with van der Waals surface area (Å²) in [5.74, 6) is 1.08. The van der Waals surface area contributed by atoms with Crippen molar-refractivity contribution in [3.05, 3.63) is 52.5 Å². The van der Waals surface area contributed by atoms with Gasteiger partial charge in [0.05, 0.1) is 25.3 Å². The highest BCUT2D eigenvalue weighted by atomic mass is 35.5. The summed E-state index contributed by atoms with van der Waals surface area (Å²) in [6.45, 7) is 2.96. The van der Waals surface area contributed by atoms with Gasteiger partial charge in [-0.1, -0.05) is 23.7 Å². The molecular weight excluding hydrogens is 356 g/mol. The van der Waals surface area contributed by atoms with E-state index in [1.54, 1.807) is 13.2 Å². The molecule has 0 aromatic heterocycles. The topological polar surface area (TPSA) is 65.0 Å². The Morgan fingerprint density at radius 2 is 1.69 bits per heavy atom. The normalized spacial score (nSPS) is 10.4. The first-order valence-corrected chi connectivity index (χ1v) is 8.84. The van der Waals surface area contributed by atoms with Crippen molar-refractivity contribution in [2.45, 2.75) is 26.2 Å². The van der Waals surface area contributed by atoms with Crippen LogP contribution >= 0.6 is 11.6 Å². The predicted octanol–water partition coefficient (Wildman–Crippen LogP) is 4.39. The number of halogens is 1. The molecule has 1 N–H and O–H groups in total. The average molecular weight is 379 g/mol. The number of hydrogen-bond acceptors (Lipinski definition) is 4. The molecule has 6 heteroatoms. The van der Waals surface area contributed by atoms with Crippen molar-refractivity contribution in [2.75, 3.05) is 20.3 Å². The number of methoxy groups -OCH3 is 1. The van der Waals surface area contributed by atoms with Gasteiger partial charge in [-0.2, -0.15) is 0 Å². The molecule has 2 aromatic rings. The molecule has 0 aliphatic carbocycles. The summed E-state index contributed by atoms with van der Waals surface area (Å²) in [5, 5.41) is 9.36. The summed E-state index contributed by atoms with van der Waals surface area (Å²) < 4.78 is 16.6. The minimum Gasteiger partial charge on any atom is -0.493 e. The van der Waals surface area contributed by atoms with Crippen molar-refractivity contribution in [3.63, 3.8) is 0 Å². The van der Waals surface area contributed by atoms with Crippen molar-refractivity contribution in [3.8, 4) is 17.2 Å². The van der Waals surface area contributed by atoms with Crippen molar-refractivity contribution < 1.29 is 24.1 Å². The molecule has 0 bridgehead atoms. The first-order chi connectivity index (χ1) is 12.5. The molecule has 0 heterocycles. The van der Waals surface area contributed by atoms with Gasteiger partial charge in [0.2, 0.25) is 0 Å². The molecule has 0 amide bonds. The van der Waals surface area contributed by atoms with Crippen LogP contribution in [0.25, 0.3) is 0 Å². The number of aliphatic carboxylic acids is 1. The van der Waals surface area contributed by atoms with E-state index in [-0.39, 0.29) is 6.42 Å². The Bertz CT molecular complexity index is 745.